The molecule has 35 heavy (non-hydrogen) atoms. The third-order valence-corrected chi connectivity index (χ3v) is 5.91. The van der Waals surface area contributed by atoms with Gasteiger partial charge in [0.05, 0.1) is 11.4 Å². The molecule has 0 amide bonds. The fourth-order valence-electron chi connectivity index (χ4n) is 4.14. The molecule has 0 radical (unpaired) electrons. The summed E-state index contributed by atoms with van der Waals surface area (Å²) in [5.74, 6) is -0.556. The van der Waals surface area contributed by atoms with Crippen molar-refractivity contribution in [1.82, 2.24) is 24.8 Å². The average molecular weight is 569 g/mol. The summed E-state index contributed by atoms with van der Waals surface area (Å²) >= 11 is 0. The van der Waals surface area contributed by atoms with Crippen molar-refractivity contribution in [3.05, 3.63) is 41.5 Å². The van der Waals surface area contributed by atoms with Gasteiger partial charge in [0, 0.05) is 17.7 Å². The molecule has 3 aromatic heterocycles. The first-order valence-corrected chi connectivity index (χ1v) is 10.4. The van der Waals surface area contributed by atoms with Gasteiger partial charge in [0.2, 0.25) is 5.95 Å². The van der Waals surface area contributed by atoms with Crippen LogP contribution in [0.4, 0.5) is 16.2 Å². The van der Waals surface area contributed by atoms with Crippen LogP contribution in [0, 0.1) is 12.7 Å². The number of halogens is 5. The van der Waals surface area contributed by atoms with Crippen LogP contribution in [0.1, 0.15) is 36.9 Å². The normalized spacial score (nSPS) is 13.6. The Morgan fingerprint density at radius 3 is 2.29 bits per heavy atom. The lowest BCUT2D eigenvalue weighted by Crippen LogP contribution is -2.33. The van der Waals surface area contributed by atoms with E-state index >= 15 is 0 Å². The van der Waals surface area contributed by atoms with Crippen molar-refractivity contribution in [3.8, 4) is 28.4 Å². The highest BCUT2D eigenvalue weighted by Crippen LogP contribution is 2.36. The Morgan fingerprint density at radius 2 is 1.66 bits per heavy atom. The molecule has 8 nitrogen and oxygen atoms in total. The van der Waals surface area contributed by atoms with Crippen LogP contribution in [0.25, 0.3) is 22.6 Å². The third-order valence-electron chi connectivity index (χ3n) is 5.91. The van der Waals surface area contributed by atoms with Gasteiger partial charge in [-0.1, -0.05) is 6.92 Å². The van der Waals surface area contributed by atoms with Gasteiger partial charge in [-0.05, 0) is 63.2 Å². The fraction of sp³-hybridized carbons (Fsp3) is 0.364. The highest BCUT2D eigenvalue weighted by molar-refractivity contribution is 5.86. The van der Waals surface area contributed by atoms with E-state index in [2.05, 4.69) is 31.8 Å². The lowest BCUT2D eigenvalue weighted by atomic mass is 9.90. The van der Waals surface area contributed by atoms with Crippen LogP contribution in [0.2, 0.25) is 0 Å². The first kappa shape index (κ1) is 32.8. The number of nitrogen functional groups attached to an aromatic ring is 2. The number of nitrogens with two attached hydrogens (primary N) is 2. The Hall–Kier alpha value is -2.17. The summed E-state index contributed by atoms with van der Waals surface area (Å²) in [6.45, 7) is 7.11. The molecule has 0 saturated carbocycles. The van der Waals surface area contributed by atoms with Crippen molar-refractivity contribution in [2.75, 3.05) is 31.1 Å². The number of hydrogen-bond acceptors (Lipinski definition) is 8. The van der Waals surface area contributed by atoms with Crippen LogP contribution in [-0.2, 0) is 0 Å². The molecule has 13 heteroatoms. The summed E-state index contributed by atoms with van der Waals surface area (Å²) in [6, 6.07) is 4.48. The molecule has 3 aromatic rings. The molecule has 5 N–H and O–H groups in total. The summed E-state index contributed by atoms with van der Waals surface area (Å²) in [4.78, 5) is 19.5. The number of aromatic nitrogens is 4. The minimum atomic E-state index is -0.658. The number of likely N-dealkylation sites (tertiary alicyclic amines) is 1. The zero-order valence-corrected chi connectivity index (χ0v) is 22.5. The van der Waals surface area contributed by atoms with Crippen molar-refractivity contribution in [2.24, 2.45) is 0 Å². The summed E-state index contributed by atoms with van der Waals surface area (Å²) in [5.41, 5.74) is 14.5. The number of aromatic hydroxyl groups is 1. The molecular weight excluding hydrogens is 539 g/mol. The van der Waals surface area contributed by atoms with Crippen molar-refractivity contribution in [1.29, 1.82) is 0 Å². The number of pyridine rings is 2. The van der Waals surface area contributed by atoms with Gasteiger partial charge >= 0.3 is 0 Å². The maximum atomic E-state index is 14.5. The maximum Gasteiger partial charge on any atom is 0.220 e. The van der Waals surface area contributed by atoms with Gasteiger partial charge in [-0.3, -0.25) is 0 Å². The van der Waals surface area contributed by atoms with E-state index in [0.717, 1.165) is 43.7 Å². The second-order valence-corrected chi connectivity index (χ2v) is 7.77. The zero-order valence-electron chi connectivity index (χ0n) is 19.3. The van der Waals surface area contributed by atoms with E-state index in [4.69, 9.17) is 11.5 Å². The molecule has 1 fully saturated rings. The second kappa shape index (κ2) is 13.8. The van der Waals surface area contributed by atoms with E-state index < -0.39 is 5.82 Å². The van der Waals surface area contributed by atoms with Crippen LogP contribution in [0.3, 0.4) is 0 Å². The molecule has 0 atom stereocenters. The fourth-order valence-corrected chi connectivity index (χ4v) is 4.14. The predicted octanol–water partition coefficient (Wildman–Crippen LogP) is 4.80. The molecule has 1 aliphatic rings. The first-order valence-electron chi connectivity index (χ1n) is 10.4. The Kier molecular flexibility index (Phi) is 12.9. The molecule has 4 rings (SSSR count). The van der Waals surface area contributed by atoms with Crippen molar-refractivity contribution in [2.45, 2.75) is 32.6 Å². The quantitative estimate of drug-likeness (QED) is 0.409. The van der Waals surface area contributed by atoms with E-state index in [0.29, 0.717) is 11.4 Å². The topological polar surface area (TPSA) is 127 Å². The highest BCUT2D eigenvalue weighted by atomic mass is 35.5. The minimum absolute atomic E-state index is 0. The van der Waals surface area contributed by atoms with E-state index in [1.807, 2.05) is 6.92 Å². The third kappa shape index (κ3) is 6.74. The number of nitrogens with zero attached hydrogens (tertiary/aromatic N) is 5. The number of piperidine rings is 1. The summed E-state index contributed by atoms with van der Waals surface area (Å²) < 4.78 is 14.5. The number of anilines is 2. The molecule has 0 unspecified atom stereocenters. The molecule has 0 aromatic carbocycles. The van der Waals surface area contributed by atoms with E-state index in [1.165, 1.54) is 24.4 Å². The molecule has 1 aliphatic heterocycles. The Balaban J connectivity index is 0.00000289. The van der Waals surface area contributed by atoms with Crippen molar-refractivity contribution in [3.63, 3.8) is 0 Å². The Bertz CT molecular complexity index is 1130. The second-order valence-electron chi connectivity index (χ2n) is 7.77. The summed E-state index contributed by atoms with van der Waals surface area (Å²) in [7, 11) is 0. The van der Waals surface area contributed by atoms with Gasteiger partial charge in [-0.25, -0.2) is 24.3 Å². The van der Waals surface area contributed by atoms with Gasteiger partial charge in [-0.2, -0.15) is 0 Å². The van der Waals surface area contributed by atoms with Crippen LogP contribution < -0.4 is 11.5 Å². The smallest absolute Gasteiger partial charge is 0.220 e. The standard InChI is InChI=1S/C22H26FN7O.4ClH/c1-3-30-10-7-13(8-11-30)18-12(2)19(29-22(25)28-18)20-16(31)5-4-15(27-20)14-6-9-26-21(24)17(14)23;;;;/h4-6,9,13,31H,3,7-8,10-11H2,1-2H3,(H2,24,26)(H2,25,28,29);4*1H. The maximum absolute atomic E-state index is 14.5. The van der Waals surface area contributed by atoms with Crippen molar-refractivity contribution < 1.29 is 9.50 Å². The zero-order chi connectivity index (χ0) is 22.1. The minimum Gasteiger partial charge on any atom is -0.506 e. The monoisotopic (exact) mass is 567 g/mol. The van der Waals surface area contributed by atoms with Gasteiger partial charge in [0.15, 0.2) is 11.6 Å². The van der Waals surface area contributed by atoms with E-state index in [9.17, 15) is 9.50 Å². The summed E-state index contributed by atoms with van der Waals surface area (Å²) in [6.07, 6.45) is 3.37. The van der Waals surface area contributed by atoms with Gasteiger partial charge < -0.3 is 21.5 Å². The van der Waals surface area contributed by atoms with E-state index in [-0.39, 0.29) is 84.3 Å². The number of hydrogen-bond donors (Lipinski definition) is 3. The van der Waals surface area contributed by atoms with Gasteiger partial charge in [0.1, 0.15) is 17.1 Å². The highest BCUT2D eigenvalue weighted by Gasteiger charge is 2.26. The predicted molar refractivity (Wildman–Crippen MR) is 147 cm³/mol. The SMILES string of the molecule is CCN1CCC(c2nc(N)nc(-c3nc(-c4ccnc(N)c4F)ccc3O)c2C)CC1.Cl.Cl.Cl.Cl. The molecule has 1 saturated heterocycles. The number of rotatable bonds is 4. The Morgan fingerprint density at radius 1 is 1.00 bits per heavy atom. The van der Waals surface area contributed by atoms with Crippen LogP contribution >= 0.6 is 49.6 Å². The van der Waals surface area contributed by atoms with Crippen LogP contribution in [0.15, 0.2) is 24.4 Å². The largest absolute Gasteiger partial charge is 0.506 e. The Labute approximate surface area is 228 Å². The molecule has 0 bridgehead atoms. The molecular formula is C22H30Cl4FN7O. The van der Waals surface area contributed by atoms with Gasteiger partial charge in [0.25, 0.3) is 0 Å². The molecule has 194 valence electrons. The molecule has 4 heterocycles. The van der Waals surface area contributed by atoms with Crippen LogP contribution in [0.5, 0.6) is 5.75 Å². The average Bonchev–Trinajstić information content (AvgIpc) is 2.78. The van der Waals surface area contributed by atoms with Crippen LogP contribution in [-0.4, -0.2) is 49.6 Å². The lowest BCUT2D eigenvalue weighted by Gasteiger charge is -2.31. The lowest BCUT2D eigenvalue weighted by molar-refractivity contribution is 0.220. The molecule has 0 spiro atoms. The first-order chi connectivity index (χ1) is 14.9. The van der Waals surface area contributed by atoms with Crippen molar-refractivity contribution >= 4 is 61.4 Å². The van der Waals surface area contributed by atoms with Gasteiger partial charge in [-0.15, -0.1) is 49.6 Å². The molecule has 0 aliphatic carbocycles. The summed E-state index contributed by atoms with van der Waals surface area (Å²) in [5, 5.41) is 10.5. The van der Waals surface area contributed by atoms with E-state index in [1.54, 1.807) is 0 Å².